The molecule has 4 rings (SSSR count). The van der Waals surface area contributed by atoms with Gasteiger partial charge >= 0.3 is 0 Å². The van der Waals surface area contributed by atoms with E-state index in [-0.39, 0.29) is 0 Å². The van der Waals surface area contributed by atoms with Crippen molar-refractivity contribution in [2.45, 2.75) is 25.5 Å². The minimum absolute atomic E-state index is 0.313. The molecule has 124 valence electrons. The number of fused-ring (bicyclic) bond motifs is 1. The van der Waals surface area contributed by atoms with E-state index in [0.29, 0.717) is 6.10 Å². The van der Waals surface area contributed by atoms with Crippen LogP contribution in [-0.4, -0.2) is 70.1 Å². The molecule has 6 nitrogen and oxygen atoms in total. The number of nitrogens with zero attached hydrogens (tertiary/aromatic N) is 5. The highest BCUT2D eigenvalue weighted by Crippen LogP contribution is 2.29. The Morgan fingerprint density at radius 1 is 1.30 bits per heavy atom. The molecular formula is C17H25N5O. The fraction of sp³-hybridized carbons (Fsp3) is 0.647. The van der Waals surface area contributed by atoms with Crippen LogP contribution in [0.5, 0.6) is 0 Å². The lowest BCUT2D eigenvalue weighted by molar-refractivity contribution is -0.0438. The van der Waals surface area contributed by atoms with E-state index in [2.05, 4.69) is 31.2 Å². The van der Waals surface area contributed by atoms with Crippen molar-refractivity contribution >= 4 is 5.65 Å². The van der Waals surface area contributed by atoms with Crippen LogP contribution in [0.1, 0.15) is 18.5 Å². The summed E-state index contributed by atoms with van der Waals surface area (Å²) in [5.41, 5.74) is 2.13. The lowest BCUT2D eigenvalue weighted by Gasteiger charge is -2.34. The Balaban J connectivity index is 1.35. The lowest BCUT2D eigenvalue weighted by Crippen LogP contribution is -2.46. The monoisotopic (exact) mass is 315 g/mol. The number of aromatic nitrogens is 3. The molecule has 0 spiro atoms. The molecule has 0 bridgehead atoms. The summed E-state index contributed by atoms with van der Waals surface area (Å²) >= 11 is 0. The molecule has 1 saturated carbocycles. The first-order chi connectivity index (χ1) is 11.3. The SMILES string of the molecule is CN(CC1CC1)C[C@H]1CN(Cc2cnc3cnccn23)CCO1. The number of ether oxygens (including phenoxy) is 1. The second-order valence-electron chi connectivity index (χ2n) is 6.95. The van der Waals surface area contributed by atoms with Gasteiger partial charge in [0.1, 0.15) is 0 Å². The van der Waals surface area contributed by atoms with E-state index in [9.17, 15) is 0 Å². The standard InChI is InChI=1S/C17H25N5O/c1-20(10-14-2-3-14)12-16-13-21(6-7-23-16)11-15-8-19-17-9-18-4-5-22(15)17/h4-5,8-9,14,16H,2-3,6-7,10-13H2,1H3/t16-/m0/s1. The second-order valence-corrected chi connectivity index (χ2v) is 6.95. The predicted octanol–water partition coefficient (Wildman–Crippen LogP) is 1.27. The second kappa shape index (κ2) is 6.55. The van der Waals surface area contributed by atoms with E-state index in [1.54, 1.807) is 6.20 Å². The van der Waals surface area contributed by atoms with E-state index in [1.807, 2.05) is 18.6 Å². The number of hydrogen-bond donors (Lipinski definition) is 0. The average Bonchev–Trinajstić information content (AvgIpc) is 3.27. The topological polar surface area (TPSA) is 45.9 Å². The third-order valence-electron chi connectivity index (χ3n) is 4.78. The molecule has 6 heteroatoms. The van der Waals surface area contributed by atoms with Gasteiger partial charge in [0.25, 0.3) is 0 Å². The number of likely N-dealkylation sites (N-methyl/N-ethyl adjacent to an activating group) is 1. The Bertz CT molecular complexity index is 653. The Morgan fingerprint density at radius 3 is 3.09 bits per heavy atom. The molecule has 1 aliphatic carbocycles. The van der Waals surface area contributed by atoms with Gasteiger partial charge < -0.3 is 9.64 Å². The molecular weight excluding hydrogens is 290 g/mol. The van der Waals surface area contributed by atoms with Crippen LogP contribution in [0.2, 0.25) is 0 Å². The van der Waals surface area contributed by atoms with Crippen LogP contribution in [0.15, 0.2) is 24.8 Å². The van der Waals surface area contributed by atoms with E-state index in [0.717, 1.165) is 44.4 Å². The summed E-state index contributed by atoms with van der Waals surface area (Å²) in [7, 11) is 2.22. The first-order valence-electron chi connectivity index (χ1n) is 8.56. The number of morpholine rings is 1. The quantitative estimate of drug-likeness (QED) is 0.803. The van der Waals surface area contributed by atoms with Crippen molar-refractivity contribution in [2.24, 2.45) is 5.92 Å². The highest BCUT2D eigenvalue weighted by Gasteiger charge is 2.26. The van der Waals surface area contributed by atoms with Gasteiger partial charge in [-0.05, 0) is 25.8 Å². The van der Waals surface area contributed by atoms with Crippen LogP contribution < -0.4 is 0 Å². The molecule has 1 aliphatic heterocycles. The molecule has 3 heterocycles. The molecule has 2 fully saturated rings. The van der Waals surface area contributed by atoms with E-state index in [1.165, 1.54) is 25.1 Å². The zero-order valence-electron chi connectivity index (χ0n) is 13.8. The highest BCUT2D eigenvalue weighted by molar-refractivity contribution is 5.36. The zero-order valence-corrected chi connectivity index (χ0v) is 13.8. The van der Waals surface area contributed by atoms with Crippen LogP contribution in [0, 0.1) is 5.92 Å². The third kappa shape index (κ3) is 3.71. The smallest absolute Gasteiger partial charge is 0.155 e. The van der Waals surface area contributed by atoms with Crippen LogP contribution >= 0.6 is 0 Å². The van der Waals surface area contributed by atoms with E-state index in [4.69, 9.17) is 4.74 Å². The number of hydrogen-bond acceptors (Lipinski definition) is 5. The summed E-state index contributed by atoms with van der Waals surface area (Å²) in [6, 6.07) is 0. The van der Waals surface area contributed by atoms with Gasteiger partial charge in [0.05, 0.1) is 30.8 Å². The molecule has 1 atom stereocenters. The molecule has 2 aromatic heterocycles. The van der Waals surface area contributed by atoms with Gasteiger partial charge in [-0.2, -0.15) is 0 Å². The van der Waals surface area contributed by atoms with Crippen LogP contribution in [0.4, 0.5) is 0 Å². The summed E-state index contributed by atoms with van der Waals surface area (Å²) in [4.78, 5) is 13.5. The number of imidazole rings is 1. The van der Waals surface area contributed by atoms with Crippen LogP contribution in [-0.2, 0) is 11.3 Å². The highest BCUT2D eigenvalue weighted by atomic mass is 16.5. The summed E-state index contributed by atoms with van der Waals surface area (Å²) in [5, 5.41) is 0. The summed E-state index contributed by atoms with van der Waals surface area (Å²) in [5.74, 6) is 0.937. The van der Waals surface area contributed by atoms with Crippen molar-refractivity contribution in [1.29, 1.82) is 0 Å². The Hall–Kier alpha value is -1.50. The maximum absolute atomic E-state index is 5.97. The molecule has 2 aromatic rings. The molecule has 0 N–H and O–H groups in total. The van der Waals surface area contributed by atoms with Crippen molar-refractivity contribution < 1.29 is 4.74 Å². The average molecular weight is 315 g/mol. The first-order valence-corrected chi connectivity index (χ1v) is 8.56. The molecule has 0 amide bonds. The Labute approximate surface area is 137 Å². The summed E-state index contributed by atoms with van der Waals surface area (Å²) in [6.45, 7) is 5.97. The molecule has 23 heavy (non-hydrogen) atoms. The number of rotatable bonds is 6. The van der Waals surface area contributed by atoms with Gasteiger partial charge in [-0.3, -0.25) is 14.3 Å². The molecule has 0 unspecified atom stereocenters. The summed E-state index contributed by atoms with van der Waals surface area (Å²) < 4.78 is 8.09. The van der Waals surface area contributed by atoms with Crippen molar-refractivity contribution in [3.63, 3.8) is 0 Å². The minimum atomic E-state index is 0.313. The third-order valence-corrected chi connectivity index (χ3v) is 4.78. The predicted molar refractivity (Wildman–Crippen MR) is 88.2 cm³/mol. The van der Waals surface area contributed by atoms with Crippen molar-refractivity contribution in [3.05, 3.63) is 30.5 Å². The van der Waals surface area contributed by atoms with Crippen molar-refractivity contribution in [3.8, 4) is 0 Å². The van der Waals surface area contributed by atoms with Gasteiger partial charge in [0.2, 0.25) is 0 Å². The van der Waals surface area contributed by atoms with Gasteiger partial charge in [-0.15, -0.1) is 0 Å². The molecule has 2 aliphatic rings. The summed E-state index contributed by atoms with van der Waals surface area (Å²) in [6.07, 6.45) is 10.7. The molecule has 0 aromatic carbocycles. The Kier molecular flexibility index (Phi) is 4.29. The first kappa shape index (κ1) is 15.1. The van der Waals surface area contributed by atoms with E-state index >= 15 is 0 Å². The fourth-order valence-corrected chi connectivity index (χ4v) is 3.44. The van der Waals surface area contributed by atoms with Crippen LogP contribution in [0.25, 0.3) is 5.65 Å². The maximum atomic E-state index is 5.97. The lowest BCUT2D eigenvalue weighted by atomic mass is 10.2. The van der Waals surface area contributed by atoms with Gasteiger partial charge in [-0.1, -0.05) is 0 Å². The normalized spacial score (nSPS) is 23.0. The zero-order chi connectivity index (χ0) is 15.6. The van der Waals surface area contributed by atoms with E-state index < -0.39 is 0 Å². The van der Waals surface area contributed by atoms with Crippen molar-refractivity contribution in [1.82, 2.24) is 24.2 Å². The fourth-order valence-electron chi connectivity index (χ4n) is 3.44. The van der Waals surface area contributed by atoms with Crippen LogP contribution in [0.3, 0.4) is 0 Å². The molecule has 1 saturated heterocycles. The van der Waals surface area contributed by atoms with Gasteiger partial charge in [-0.25, -0.2) is 4.98 Å². The van der Waals surface area contributed by atoms with Gasteiger partial charge in [0.15, 0.2) is 5.65 Å². The van der Waals surface area contributed by atoms with Gasteiger partial charge in [0, 0.05) is 45.1 Å². The largest absolute Gasteiger partial charge is 0.374 e. The maximum Gasteiger partial charge on any atom is 0.155 e. The van der Waals surface area contributed by atoms with Crippen molar-refractivity contribution in [2.75, 3.05) is 39.8 Å². The Morgan fingerprint density at radius 2 is 2.22 bits per heavy atom. The minimum Gasteiger partial charge on any atom is -0.374 e. The molecule has 0 radical (unpaired) electrons.